The second kappa shape index (κ2) is 6.57. The molecule has 1 fully saturated rings. The Labute approximate surface area is 141 Å². The monoisotopic (exact) mass is 418 g/mol. The lowest BCUT2D eigenvalue weighted by Gasteiger charge is -2.19. The van der Waals surface area contributed by atoms with Gasteiger partial charge in [0.2, 0.25) is 12.3 Å². The van der Waals surface area contributed by atoms with Crippen LogP contribution in [0.15, 0.2) is 27.4 Å². The van der Waals surface area contributed by atoms with Crippen LogP contribution in [0.25, 0.3) is 0 Å². The van der Waals surface area contributed by atoms with Crippen LogP contribution in [-0.4, -0.2) is 17.4 Å². The summed E-state index contributed by atoms with van der Waals surface area (Å²) in [6, 6.07) is 1.90. The van der Waals surface area contributed by atoms with Crippen LogP contribution in [-0.2, 0) is 20.9 Å². The first-order valence-electron chi connectivity index (χ1n) is 6.95. The van der Waals surface area contributed by atoms with Gasteiger partial charge in [0.15, 0.2) is 18.0 Å². The Morgan fingerprint density at radius 2 is 2.05 bits per heavy atom. The molecule has 0 saturated carbocycles. The molecule has 2 atom stereocenters. The molecule has 1 aliphatic heterocycles. The zero-order chi connectivity index (χ0) is 15.6. The summed E-state index contributed by atoms with van der Waals surface area (Å²) in [5.74, 6) is -0.472. The molecule has 0 unspecified atom stereocenters. The van der Waals surface area contributed by atoms with E-state index in [1.165, 1.54) is 0 Å². The number of halogens is 2. The largest absolute Gasteiger partial charge is 0.451 e. The summed E-state index contributed by atoms with van der Waals surface area (Å²) in [6.07, 6.45) is 5.82. The van der Waals surface area contributed by atoms with Gasteiger partial charge in [-0.1, -0.05) is 13.3 Å². The smallest absolute Gasteiger partial charge is 0.310 e. The molecule has 0 aliphatic carbocycles. The number of cyclic esters (lactones) is 1. The van der Waals surface area contributed by atoms with Crippen molar-refractivity contribution in [3.8, 4) is 0 Å². The van der Waals surface area contributed by atoms with Gasteiger partial charge in [-0.15, -0.1) is 0 Å². The lowest BCUT2D eigenvalue weighted by molar-refractivity contribution is -0.685. The summed E-state index contributed by atoms with van der Waals surface area (Å²) >= 11 is 6.78. The molecule has 0 aromatic carbocycles. The highest BCUT2D eigenvalue weighted by atomic mass is 79.9. The molecule has 1 aliphatic rings. The Hall–Kier alpha value is -0.750. The number of carbonyl (C=O) groups excluding carboxylic acids is 2. The molecule has 0 bridgehead atoms. The SMILES string of the molecule is CCC[C@H]1C[C@@](C)(C(=O)C[n+]2cc(Br)cc(Br)c2)OC1=O. The highest BCUT2D eigenvalue weighted by molar-refractivity contribution is 9.11. The number of ether oxygens (including phenoxy) is 1. The van der Waals surface area contributed by atoms with Gasteiger partial charge >= 0.3 is 5.97 Å². The second-order valence-corrected chi connectivity index (χ2v) is 7.44. The van der Waals surface area contributed by atoms with Crippen LogP contribution in [0.1, 0.15) is 33.1 Å². The van der Waals surface area contributed by atoms with Crippen LogP contribution >= 0.6 is 31.9 Å². The first-order valence-corrected chi connectivity index (χ1v) is 8.54. The van der Waals surface area contributed by atoms with Gasteiger partial charge in [-0.3, -0.25) is 9.59 Å². The Balaban J connectivity index is 2.11. The lowest BCUT2D eigenvalue weighted by Crippen LogP contribution is -2.46. The topological polar surface area (TPSA) is 47.2 Å². The van der Waals surface area contributed by atoms with E-state index in [1.54, 1.807) is 11.5 Å². The number of pyridine rings is 1. The van der Waals surface area contributed by atoms with Crippen molar-refractivity contribution in [3.05, 3.63) is 27.4 Å². The van der Waals surface area contributed by atoms with Crippen LogP contribution < -0.4 is 4.57 Å². The van der Waals surface area contributed by atoms with Crippen LogP contribution in [0.4, 0.5) is 0 Å². The van der Waals surface area contributed by atoms with Gasteiger partial charge in [-0.25, -0.2) is 0 Å². The maximum Gasteiger partial charge on any atom is 0.310 e. The molecular weight excluding hydrogens is 402 g/mol. The van der Waals surface area contributed by atoms with E-state index in [0.29, 0.717) is 6.42 Å². The number of carbonyl (C=O) groups is 2. The van der Waals surface area contributed by atoms with E-state index in [9.17, 15) is 9.59 Å². The summed E-state index contributed by atoms with van der Waals surface area (Å²) < 4.78 is 8.92. The molecule has 0 radical (unpaired) electrons. The van der Waals surface area contributed by atoms with E-state index in [0.717, 1.165) is 21.8 Å². The first kappa shape index (κ1) is 16.6. The van der Waals surface area contributed by atoms with Crippen molar-refractivity contribution in [3.63, 3.8) is 0 Å². The van der Waals surface area contributed by atoms with Gasteiger partial charge in [0.1, 0.15) is 0 Å². The quantitative estimate of drug-likeness (QED) is 0.543. The van der Waals surface area contributed by atoms with E-state index >= 15 is 0 Å². The summed E-state index contributed by atoms with van der Waals surface area (Å²) in [5, 5.41) is 0. The van der Waals surface area contributed by atoms with Gasteiger partial charge < -0.3 is 4.74 Å². The Morgan fingerprint density at radius 1 is 1.43 bits per heavy atom. The van der Waals surface area contributed by atoms with E-state index in [4.69, 9.17) is 4.74 Å². The maximum atomic E-state index is 12.5. The Kier molecular flexibility index (Phi) is 5.20. The van der Waals surface area contributed by atoms with Crippen molar-refractivity contribution < 1.29 is 18.9 Å². The average molecular weight is 420 g/mol. The van der Waals surface area contributed by atoms with Crippen molar-refractivity contribution in [2.24, 2.45) is 5.92 Å². The van der Waals surface area contributed by atoms with Crippen LogP contribution in [0.5, 0.6) is 0 Å². The summed E-state index contributed by atoms with van der Waals surface area (Å²) in [4.78, 5) is 24.4. The third-order valence-electron chi connectivity index (χ3n) is 3.70. The molecule has 4 nitrogen and oxygen atoms in total. The predicted octanol–water partition coefficient (Wildman–Crippen LogP) is 3.19. The minimum absolute atomic E-state index is 0.0792. The fraction of sp³-hybridized carbons (Fsp3) is 0.533. The van der Waals surface area contributed by atoms with Crippen LogP contribution in [0.3, 0.4) is 0 Å². The number of esters is 1. The number of hydrogen-bond acceptors (Lipinski definition) is 3. The second-order valence-electron chi connectivity index (χ2n) is 5.61. The summed E-state index contributed by atoms with van der Waals surface area (Å²) in [6.45, 7) is 3.93. The number of nitrogens with zero attached hydrogens (tertiary/aromatic N) is 1. The first-order chi connectivity index (χ1) is 9.84. The molecule has 6 heteroatoms. The van der Waals surface area contributed by atoms with E-state index in [2.05, 4.69) is 31.9 Å². The standard InChI is InChI=1S/C15H18Br2NO3/c1-3-4-10-6-15(2,21-14(10)20)13(19)9-18-7-11(16)5-12(17)8-18/h5,7-8,10H,3-4,6,9H2,1-2H3/q+1/t10-,15-/m0/s1. The van der Waals surface area contributed by atoms with Gasteiger partial charge in [0, 0.05) is 6.42 Å². The number of Topliss-reactive ketones (excluding diaryl/α,β-unsaturated/α-hetero) is 1. The zero-order valence-electron chi connectivity index (χ0n) is 12.1. The molecule has 21 heavy (non-hydrogen) atoms. The van der Waals surface area contributed by atoms with Crippen LogP contribution in [0, 0.1) is 5.92 Å². The fourth-order valence-corrected chi connectivity index (χ4v) is 3.95. The summed E-state index contributed by atoms with van der Waals surface area (Å²) in [7, 11) is 0. The van der Waals surface area contributed by atoms with Gasteiger partial charge in [0.05, 0.1) is 14.9 Å². The molecule has 1 aromatic heterocycles. The lowest BCUT2D eigenvalue weighted by atomic mass is 9.89. The van der Waals surface area contributed by atoms with Crippen molar-refractivity contribution in [2.75, 3.05) is 0 Å². The molecule has 2 heterocycles. The van der Waals surface area contributed by atoms with Gasteiger partial charge in [0.25, 0.3) is 0 Å². The molecule has 0 amide bonds. The number of ketones is 1. The Morgan fingerprint density at radius 3 is 2.62 bits per heavy atom. The fourth-order valence-electron chi connectivity index (χ4n) is 2.62. The number of rotatable bonds is 5. The molecule has 1 aromatic rings. The molecule has 0 spiro atoms. The minimum Gasteiger partial charge on any atom is -0.451 e. The summed E-state index contributed by atoms with van der Waals surface area (Å²) in [5.41, 5.74) is -1.00. The third-order valence-corrected chi connectivity index (χ3v) is 4.57. The number of aromatic nitrogens is 1. The molecule has 114 valence electrons. The number of hydrogen-bond donors (Lipinski definition) is 0. The van der Waals surface area contributed by atoms with Crippen molar-refractivity contribution in [1.29, 1.82) is 0 Å². The van der Waals surface area contributed by atoms with E-state index < -0.39 is 5.60 Å². The Bertz CT molecular complexity index is 556. The molecule has 2 rings (SSSR count). The van der Waals surface area contributed by atoms with E-state index in [-0.39, 0.29) is 24.2 Å². The van der Waals surface area contributed by atoms with E-state index in [1.807, 2.05) is 25.4 Å². The molecule has 0 N–H and O–H groups in total. The third kappa shape index (κ3) is 3.92. The average Bonchev–Trinajstić information content (AvgIpc) is 2.65. The highest BCUT2D eigenvalue weighted by Gasteiger charge is 2.49. The minimum atomic E-state index is -1.00. The maximum absolute atomic E-state index is 12.5. The van der Waals surface area contributed by atoms with Crippen LogP contribution in [0.2, 0.25) is 0 Å². The van der Waals surface area contributed by atoms with Crippen molar-refractivity contribution in [2.45, 2.75) is 45.3 Å². The predicted molar refractivity (Wildman–Crippen MR) is 84.6 cm³/mol. The normalized spacial score (nSPS) is 25.0. The van der Waals surface area contributed by atoms with Gasteiger partial charge in [-0.2, -0.15) is 4.57 Å². The molecular formula is C15H18Br2NO3+. The highest BCUT2D eigenvalue weighted by Crippen LogP contribution is 2.34. The zero-order valence-corrected chi connectivity index (χ0v) is 15.2. The van der Waals surface area contributed by atoms with Crippen molar-refractivity contribution >= 4 is 43.6 Å². The van der Waals surface area contributed by atoms with Gasteiger partial charge in [-0.05, 0) is 51.3 Å². The molecule has 1 saturated heterocycles. The van der Waals surface area contributed by atoms with Crippen molar-refractivity contribution in [1.82, 2.24) is 0 Å².